The molecule has 0 fully saturated rings. The van der Waals surface area contributed by atoms with E-state index in [1.807, 2.05) is 23.1 Å². The van der Waals surface area contributed by atoms with E-state index in [1.54, 1.807) is 30.4 Å². The molecule has 22 heavy (non-hydrogen) atoms. The summed E-state index contributed by atoms with van der Waals surface area (Å²) >= 11 is 1.75. The number of fused-ring (bicyclic) bond motifs is 1. The molecular weight excluding hydrogens is 296 g/mol. The van der Waals surface area contributed by atoms with Crippen molar-refractivity contribution in [3.05, 3.63) is 57.8 Å². The molecule has 0 aliphatic carbocycles. The second kappa shape index (κ2) is 6.32. The van der Waals surface area contributed by atoms with Gasteiger partial charge in [0.1, 0.15) is 6.04 Å². The lowest BCUT2D eigenvalue weighted by Crippen LogP contribution is -2.48. The first-order chi connectivity index (χ1) is 10.6. The van der Waals surface area contributed by atoms with E-state index >= 15 is 0 Å². The molecule has 2 aromatic rings. The Balaban J connectivity index is 1.62. The summed E-state index contributed by atoms with van der Waals surface area (Å²) in [6, 6.07) is 10.5. The Morgan fingerprint density at radius 1 is 1.23 bits per heavy atom. The number of hydrogen-bond acceptors (Lipinski definition) is 3. The maximum Gasteiger partial charge on any atom is 0.251 e. The van der Waals surface area contributed by atoms with Crippen LogP contribution in [-0.4, -0.2) is 29.3 Å². The van der Waals surface area contributed by atoms with Crippen molar-refractivity contribution in [2.75, 3.05) is 6.54 Å². The first kappa shape index (κ1) is 14.8. The van der Waals surface area contributed by atoms with Gasteiger partial charge >= 0.3 is 0 Å². The third-order valence-electron chi connectivity index (χ3n) is 3.87. The number of rotatable bonds is 3. The smallest absolute Gasteiger partial charge is 0.251 e. The van der Waals surface area contributed by atoms with E-state index < -0.39 is 6.04 Å². The van der Waals surface area contributed by atoms with Crippen molar-refractivity contribution in [2.45, 2.75) is 25.9 Å². The Morgan fingerprint density at radius 3 is 2.77 bits per heavy atom. The Morgan fingerprint density at radius 2 is 2.00 bits per heavy atom. The van der Waals surface area contributed by atoms with Crippen LogP contribution >= 0.6 is 11.3 Å². The minimum Gasteiger partial charge on any atom is -0.341 e. The van der Waals surface area contributed by atoms with Gasteiger partial charge in [0.25, 0.3) is 5.91 Å². The normalized spacial score (nSPS) is 15.0. The van der Waals surface area contributed by atoms with Crippen molar-refractivity contribution in [2.24, 2.45) is 0 Å². The Labute approximate surface area is 133 Å². The SMILES string of the molecule is C[C@@H](NC(=O)c1ccccc1)C(=O)N1CCc2sccc2C1. The van der Waals surface area contributed by atoms with Gasteiger partial charge in [-0.3, -0.25) is 9.59 Å². The van der Waals surface area contributed by atoms with Crippen molar-refractivity contribution in [3.63, 3.8) is 0 Å². The summed E-state index contributed by atoms with van der Waals surface area (Å²) in [7, 11) is 0. The summed E-state index contributed by atoms with van der Waals surface area (Å²) in [6.07, 6.45) is 0.901. The van der Waals surface area contributed by atoms with Gasteiger partial charge in [0, 0.05) is 23.5 Å². The molecule has 0 saturated carbocycles. The zero-order chi connectivity index (χ0) is 15.5. The molecule has 0 bridgehead atoms. The van der Waals surface area contributed by atoms with Gasteiger partial charge in [-0.25, -0.2) is 0 Å². The highest BCUT2D eigenvalue weighted by Crippen LogP contribution is 2.24. The van der Waals surface area contributed by atoms with Crippen LogP contribution in [0.4, 0.5) is 0 Å². The topological polar surface area (TPSA) is 49.4 Å². The molecule has 0 radical (unpaired) electrons. The van der Waals surface area contributed by atoms with Gasteiger partial charge in [-0.05, 0) is 42.5 Å². The van der Waals surface area contributed by atoms with E-state index in [4.69, 9.17) is 0 Å². The van der Waals surface area contributed by atoms with Gasteiger partial charge in [-0.15, -0.1) is 11.3 Å². The average molecular weight is 314 g/mol. The first-order valence-corrected chi connectivity index (χ1v) is 8.23. The highest BCUT2D eigenvalue weighted by Gasteiger charge is 2.26. The number of amides is 2. The number of nitrogens with zero attached hydrogens (tertiary/aromatic N) is 1. The molecule has 1 aromatic carbocycles. The lowest BCUT2D eigenvalue weighted by Gasteiger charge is -2.29. The van der Waals surface area contributed by atoms with Crippen LogP contribution in [0.3, 0.4) is 0 Å². The maximum absolute atomic E-state index is 12.5. The van der Waals surface area contributed by atoms with E-state index in [0.717, 1.165) is 13.0 Å². The van der Waals surface area contributed by atoms with Crippen molar-refractivity contribution in [3.8, 4) is 0 Å². The minimum atomic E-state index is -0.520. The van der Waals surface area contributed by atoms with Crippen LogP contribution in [0.5, 0.6) is 0 Å². The summed E-state index contributed by atoms with van der Waals surface area (Å²) in [4.78, 5) is 27.8. The lowest BCUT2D eigenvalue weighted by molar-refractivity contribution is -0.133. The van der Waals surface area contributed by atoms with Crippen molar-refractivity contribution in [1.29, 1.82) is 0 Å². The molecule has 1 atom stereocenters. The van der Waals surface area contributed by atoms with Crippen molar-refractivity contribution >= 4 is 23.2 Å². The summed E-state index contributed by atoms with van der Waals surface area (Å²) in [5.74, 6) is -0.240. The average Bonchev–Trinajstić information content (AvgIpc) is 3.02. The molecule has 1 aliphatic heterocycles. The monoisotopic (exact) mass is 314 g/mol. The maximum atomic E-state index is 12.5. The molecule has 0 saturated heterocycles. The quantitative estimate of drug-likeness (QED) is 0.946. The summed E-state index contributed by atoms with van der Waals surface area (Å²) in [5, 5.41) is 4.85. The fraction of sp³-hybridized carbons (Fsp3) is 0.294. The Bertz CT molecular complexity index is 681. The van der Waals surface area contributed by atoms with Gasteiger partial charge in [0.05, 0.1) is 0 Å². The first-order valence-electron chi connectivity index (χ1n) is 7.35. The molecule has 2 heterocycles. The fourth-order valence-corrected chi connectivity index (χ4v) is 3.53. The van der Waals surface area contributed by atoms with Gasteiger partial charge in [-0.1, -0.05) is 18.2 Å². The second-order valence-corrected chi connectivity index (χ2v) is 6.44. The lowest BCUT2D eigenvalue weighted by atomic mass is 10.1. The summed E-state index contributed by atoms with van der Waals surface area (Å²) < 4.78 is 0. The van der Waals surface area contributed by atoms with Crippen LogP contribution in [-0.2, 0) is 17.8 Å². The van der Waals surface area contributed by atoms with Crippen LogP contribution < -0.4 is 5.32 Å². The molecule has 0 spiro atoms. The van der Waals surface area contributed by atoms with Crippen molar-refractivity contribution < 1.29 is 9.59 Å². The van der Waals surface area contributed by atoms with E-state index in [1.165, 1.54) is 10.4 Å². The Hall–Kier alpha value is -2.14. The number of carbonyl (C=O) groups is 2. The number of carbonyl (C=O) groups excluding carboxylic acids is 2. The zero-order valence-corrected chi connectivity index (χ0v) is 13.2. The molecule has 2 amide bonds. The number of nitrogens with one attached hydrogen (secondary N) is 1. The van der Waals surface area contributed by atoms with Crippen LogP contribution in [0, 0.1) is 0 Å². The molecule has 114 valence electrons. The zero-order valence-electron chi connectivity index (χ0n) is 12.4. The van der Waals surface area contributed by atoms with Gasteiger partial charge in [-0.2, -0.15) is 0 Å². The van der Waals surface area contributed by atoms with Gasteiger partial charge in [0.2, 0.25) is 5.91 Å². The Kier molecular flexibility index (Phi) is 4.24. The predicted octanol–water partition coefficient (Wildman–Crippen LogP) is 2.45. The largest absolute Gasteiger partial charge is 0.341 e. The molecule has 0 unspecified atom stereocenters. The standard InChI is InChI=1S/C17H18N2O2S/c1-12(18-16(20)13-5-3-2-4-6-13)17(21)19-9-7-15-14(11-19)8-10-22-15/h2-6,8,10,12H,7,9,11H2,1H3,(H,18,20)/t12-/m1/s1. The fourth-order valence-electron chi connectivity index (χ4n) is 2.64. The van der Waals surface area contributed by atoms with Crippen LogP contribution in [0.25, 0.3) is 0 Å². The number of thiophene rings is 1. The molecule has 1 N–H and O–H groups in total. The molecule has 5 heteroatoms. The number of benzene rings is 1. The van der Waals surface area contributed by atoms with Crippen LogP contribution in [0.2, 0.25) is 0 Å². The third-order valence-corrected chi connectivity index (χ3v) is 4.90. The molecule has 4 nitrogen and oxygen atoms in total. The van der Waals surface area contributed by atoms with Gasteiger partial charge in [0.15, 0.2) is 0 Å². The molecule has 3 rings (SSSR count). The van der Waals surface area contributed by atoms with E-state index in [-0.39, 0.29) is 11.8 Å². The third kappa shape index (κ3) is 3.04. The highest BCUT2D eigenvalue weighted by molar-refractivity contribution is 7.10. The number of hydrogen-bond donors (Lipinski definition) is 1. The minimum absolute atomic E-state index is 0.0267. The van der Waals surface area contributed by atoms with E-state index in [9.17, 15) is 9.59 Å². The van der Waals surface area contributed by atoms with E-state index in [0.29, 0.717) is 12.1 Å². The second-order valence-electron chi connectivity index (χ2n) is 5.44. The van der Waals surface area contributed by atoms with Crippen molar-refractivity contribution in [1.82, 2.24) is 10.2 Å². The highest BCUT2D eigenvalue weighted by atomic mass is 32.1. The van der Waals surface area contributed by atoms with Crippen LogP contribution in [0.15, 0.2) is 41.8 Å². The van der Waals surface area contributed by atoms with Crippen LogP contribution in [0.1, 0.15) is 27.7 Å². The summed E-state index contributed by atoms with van der Waals surface area (Å²) in [5.41, 5.74) is 1.80. The summed E-state index contributed by atoms with van der Waals surface area (Å²) in [6.45, 7) is 3.10. The molecule has 1 aromatic heterocycles. The molecular formula is C17H18N2O2S. The van der Waals surface area contributed by atoms with E-state index in [2.05, 4.69) is 16.8 Å². The molecule has 1 aliphatic rings. The predicted molar refractivity (Wildman–Crippen MR) is 86.8 cm³/mol. The van der Waals surface area contributed by atoms with Gasteiger partial charge < -0.3 is 10.2 Å².